The molecule has 1 aliphatic rings. The number of hydrogen-bond acceptors (Lipinski definition) is 7. The molecule has 0 bridgehead atoms. The van der Waals surface area contributed by atoms with Crippen LogP contribution in [0, 0.1) is 0 Å². The molecule has 0 radical (unpaired) electrons. The highest BCUT2D eigenvalue weighted by Gasteiger charge is 2.26. The van der Waals surface area contributed by atoms with Gasteiger partial charge in [-0.3, -0.25) is 0 Å². The third-order valence-corrected chi connectivity index (χ3v) is 4.38. The molecule has 1 fully saturated rings. The van der Waals surface area contributed by atoms with Crippen LogP contribution in [0.2, 0.25) is 0 Å². The van der Waals surface area contributed by atoms with Gasteiger partial charge >= 0.3 is 6.09 Å². The topological polar surface area (TPSA) is 100 Å². The minimum absolute atomic E-state index is 0.252. The smallest absolute Gasteiger partial charge is 0.410 e. The summed E-state index contributed by atoms with van der Waals surface area (Å²) in [5, 5.41) is 14.7. The van der Waals surface area contributed by atoms with Crippen molar-refractivity contribution in [2.75, 3.05) is 31.1 Å². The fourth-order valence-electron chi connectivity index (χ4n) is 3.08. The molecule has 0 unspecified atom stereocenters. The lowest BCUT2D eigenvalue weighted by Gasteiger charge is -2.36. The fraction of sp³-hybridized carbons (Fsp3) is 0.444. The number of amides is 1. The lowest BCUT2D eigenvalue weighted by atomic mass is 10.2. The molecular weight excluding hydrogens is 348 g/mol. The second-order valence-electron chi connectivity index (χ2n) is 7.54. The van der Waals surface area contributed by atoms with Crippen LogP contribution in [0.5, 0.6) is 0 Å². The van der Waals surface area contributed by atoms with E-state index in [0.717, 1.165) is 29.7 Å². The zero-order valence-corrected chi connectivity index (χ0v) is 15.6. The summed E-state index contributed by atoms with van der Waals surface area (Å²) in [5.41, 5.74) is 1.39. The van der Waals surface area contributed by atoms with Crippen molar-refractivity contribution in [3.05, 3.63) is 24.3 Å². The van der Waals surface area contributed by atoms with E-state index in [9.17, 15) is 4.79 Å². The second kappa shape index (κ2) is 6.57. The van der Waals surface area contributed by atoms with Crippen molar-refractivity contribution in [3.8, 4) is 11.6 Å². The summed E-state index contributed by atoms with van der Waals surface area (Å²) in [6.07, 6.45) is -0.252. The molecule has 1 aromatic carbocycles. The molecular formula is C18H22N6O3. The summed E-state index contributed by atoms with van der Waals surface area (Å²) >= 11 is 0. The average molecular weight is 370 g/mol. The largest absolute Gasteiger partial charge is 0.453 e. The normalized spacial score (nSPS) is 15.4. The summed E-state index contributed by atoms with van der Waals surface area (Å²) in [4.78, 5) is 16.2. The van der Waals surface area contributed by atoms with Crippen molar-refractivity contribution in [1.29, 1.82) is 0 Å². The number of nitrogens with one attached hydrogen (secondary N) is 1. The molecule has 9 heteroatoms. The lowest BCUT2D eigenvalue weighted by Crippen LogP contribution is -2.50. The number of fused-ring (bicyclic) bond motifs is 1. The summed E-state index contributed by atoms with van der Waals surface area (Å²) in [7, 11) is 0. The van der Waals surface area contributed by atoms with Crippen molar-refractivity contribution in [2.45, 2.75) is 26.4 Å². The van der Waals surface area contributed by atoms with E-state index in [1.807, 2.05) is 39.0 Å². The zero-order chi connectivity index (χ0) is 19.0. The fourth-order valence-corrected chi connectivity index (χ4v) is 3.08. The number of tetrazole rings is 1. The number of hydrogen-bond donors (Lipinski definition) is 1. The van der Waals surface area contributed by atoms with E-state index in [2.05, 4.69) is 31.6 Å². The number of carbonyl (C=O) groups is 1. The third kappa shape index (κ3) is 3.71. The number of ether oxygens (including phenoxy) is 1. The molecule has 1 N–H and O–H groups in total. The molecule has 1 amide bonds. The Hall–Kier alpha value is -3.10. The molecule has 9 nitrogen and oxygen atoms in total. The third-order valence-electron chi connectivity index (χ3n) is 4.38. The minimum atomic E-state index is -0.475. The molecule has 0 atom stereocenters. The van der Waals surface area contributed by atoms with Gasteiger partial charge in [0.15, 0.2) is 5.76 Å². The number of furan rings is 1. The van der Waals surface area contributed by atoms with Crippen LogP contribution in [0.15, 0.2) is 28.7 Å². The van der Waals surface area contributed by atoms with E-state index in [4.69, 9.17) is 9.15 Å². The Morgan fingerprint density at radius 3 is 2.63 bits per heavy atom. The molecule has 0 spiro atoms. The Bertz CT molecular complexity index is 936. The highest BCUT2D eigenvalue weighted by Crippen LogP contribution is 2.29. The molecule has 1 saturated heterocycles. The van der Waals surface area contributed by atoms with Crippen molar-refractivity contribution >= 4 is 22.7 Å². The highest BCUT2D eigenvalue weighted by molar-refractivity contribution is 5.85. The van der Waals surface area contributed by atoms with E-state index in [1.165, 1.54) is 0 Å². The van der Waals surface area contributed by atoms with Crippen LogP contribution in [0.25, 0.3) is 22.6 Å². The Morgan fingerprint density at radius 1 is 1.19 bits per heavy atom. The van der Waals surface area contributed by atoms with Gasteiger partial charge in [-0.2, -0.15) is 0 Å². The second-order valence-corrected chi connectivity index (χ2v) is 7.54. The molecule has 4 rings (SSSR count). The van der Waals surface area contributed by atoms with Gasteiger partial charge in [0.05, 0.1) is 0 Å². The van der Waals surface area contributed by atoms with Gasteiger partial charge in [-0.05, 0) is 55.5 Å². The van der Waals surface area contributed by atoms with E-state index in [1.54, 1.807) is 4.90 Å². The van der Waals surface area contributed by atoms with Crippen LogP contribution in [-0.4, -0.2) is 63.4 Å². The molecule has 3 aromatic rings. The van der Waals surface area contributed by atoms with Gasteiger partial charge in [-0.25, -0.2) is 9.89 Å². The van der Waals surface area contributed by atoms with E-state index >= 15 is 0 Å². The van der Waals surface area contributed by atoms with Crippen molar-refractivity contribution in [2.24, 2.45) is 0 Å². The van der Waals surface area contributed by atoms with Gasteiger partial charge in [0.25, 0.3) is 0 Å². The van der Waals surface area contributed by atoms with Gasteiger partial charge in [-0.1, -0.05) is 0 Å². The number of nitrogens with zero attached hydrogens (tertiary/aromatic N) is 5. The predicted octanol–water partition coefficient (Wildman–Crippen LogP) is 2.67. The first-order valence-electron chi connectivity index (χ1n) is 8.90. The molecule has 0 aliphatic carbocycles. The van der Waals surface area contributed by atoms with Gasteiger partial charge < -0.3 is 19.0 Å². The number of carbonyl (C=O) groups excluding carboxylic acids is 1. The van der Waals surface area contributed by atoms with E-state index in [-0.39, 0.29) is 6.09 Å². The first-order valence-corrected chi connectivity index (χ1v) is 8.90. The molecule has 27 heavy (non-hydrogen) atoms. The predicted molar refractivity (Wildman–Crippen MR) is 99.4 cm³/mol. The standard InChI is InChI=1S/C18H22N6O3/c1-18(2,3)27-17(25)24-8-6-23(7-9-24)13-4-5-14-12(10-13)11-15(26-14)16-19-21-22-20-16/h4-5,10-11H,6-9H2,1-3H3,(H,19,20,21,22). The van der Waals surface area contributed by atoms with Gasteiger partial charge in [0.2, 0.25) is 5.82 Å². The lowest BCUT2D eigenvalue weighted by molar-refractivity contribution is 0.0240. The van der Waals surface area contributed by atoms with Crippen molar-refractivity contribution < 1.29 is 13.9 Å². The zero-order valence-electron chi connectivity index (χ0n) is 15.6. The van der Waals surface area contributed by atoms with E-state index < -0.39 is 5.60 Å². The molecule has 2 aromatic heterocycles. The summed E-state index contributed by atoms with van der Waals surface area (Å²) in [6.45, 7) is 8.41. The van der Waals surface area contributed by atoms with Crippen LogP contribution in [0.4, 0.5) is 10.5 Å². The van der Waals surface area contributed by atoms with Gasteiger partial charge in [0, 0.05) is 37.3 Å². The Kier molecular flexibility index (Phi) is 4.21. The summed E-state index contributed by atoms with van der Waals surface area (Å²) in [5.74, 6) is 1.10. The van der Waals surface area contributed by atoms with Crippen LogP contribution in [0.3, 0.4) is 0 Å². The quantitative estimate of drug-likeness (QED) is 0.740. The number of piperazine rings is 1. The molecule has 3 heterocycles. The Balaban J connectivity index is 1.45. The van der Waals surface area contributed by atoms with Gasteiger partial charge in [0.1, 0.15) is 11.2 Å². The van der Waals surface area contributed by atoms with Crippen LogP contribution < -0.4 is 4.90 Å². The number of rotatable bonds is 2. The van der Waals surface area contributed by atoms with Gasteiger partial charge in [-0.15, -0.1) is 5.10 Å². The number of benzene rings is 1. The molecule has 1 aliphatic heterocycles. The van der Waals surface area contributed by atoms with Crippen molar-refractivity contribution in [1.82, 2.24) is 25.5 Å². The van der Waals surface area contributed by atoms with Crippen molar-refractivity contribution in [3.63, 3.8) is 0 Å². The molecule has 0 saturated carbocycles. The maximum absolute atomic E-state index is 12.2. The monoisotopic (exact) mass is 370 g/mol. The number of anilines is 1. The average Bonchev–Trinajstić information content (AvgIpc) is 3.29. The minimum Gasteiger partial charge on any atom is -0.453 e. The van der Waals surface area contributed by atoms with Crippen LogP contribution in [-0.2, 0) is 4.74 Å². The highest BCUT2D eigenvalue weighted by atomic mass is 16.6. The van der Waals surface area contributed by atoms with Crippen LogP contribution >= 0.6 is 0 Å². The number of aromatic nitrogens is 4. The maximum Gasteiger partial charge on any atom is 0.410 e. The Labute approximate surface area is 156 Å². The summed E-state index contributed by atoms with van der Waals surface area (Å²) in [6, 6.07) is 7.96. The number of aromatic amines is 1. The SMILES string of the molecule is CC(C)(C)OC(=O)N1CCN(c2ccc3oc(-c4nnn[nH]4)cc3c2)CC1. The summed E-state index contributed by atoms with van der Waals surface area (Å²) < 4.78 is 11.2. The van der Waals surface area contributed by atoms with Crippen LogP contribution in [0.1, 0.15) is 20.8 Å². The number of H-pyrrole nitrogens is 1. The molecule has 142 valence electrons. The first kappa shape index (κ1) is 17.3. The van der Waals surface area contributed by atoms with E-state index in [0.29, 0.717) is 24.7 Å². The Morgan fingerprint density at radius 2 is 1.96 bits per heavy atom. The maximum atomic E-state index is 12.2. The first-order chi connectivity index (χ1) is 12.9.